The summed E-state index contributed by atoms with van der Waals surface area (Å²) < 4.78 is 38.0. The van der Waals surface area contributed by atoms with E-state index in [4.69, 9.17) is 5.73 Å². The first-order valence-electron chi connectivity index (χ1n) is 5.56. The van der Waals surface area contributed by atoms with Crippen molar-refractivity contribution in [2.45, 2.75) is 31.6 Å². The van der Waals surface area contributed by atoms with E-state index >= 15 is 0 Å². The molecule has 1 aromatic rings. The molecule has 0 bridgehead atoms. The summed E-state index contributed by atoms with van der Waals surface area (Å²) >= 11 is 0. The molecule has 0 heterocycles. The Balaban J connectivity index is 2.33. The molecule has 1 fully saturated rings. The van der Waals surface area contributed by atoms with E-state index in [1.807, 2.05) is 11.9 Å². The third kappa shape index (κ3) is 2.54. The number of anilines is 1. The maximum atomic E-state index is 12.7. The smallest absolute Gasteiger partial charge is 0.372 e. The third-order valence-corrected chi connectivity index (χ3v) is 3.12. The first kappa shape index (κ1) is 12.2. The van der Waals surface area contributed by atoms with Gasteiger partial charge in [-0.15, -0.1) is 0 Å². The molecule has 2 N–H and O–H groups in total. The molecule has 1 aliphatic carbocycles. The minimum atomic E-state index is -4.33. The fraction of sp³-hybridized carbons (Fsp3) is 0.500. The topological polar surface area (TPSA) is 29.3 Å². The second kappa shape index (κ2) is 4.22. The Labute approximate surface area is 98.2 Å². The van der Waals surface area contributed by atoms with Crippen molar-refractivity contribution in [1.29, 1.82) is 0 Å². The van der Waals surface area contributed by atoms with E-state index in [2.05, 4.69) is 0 Å². The van der Waals surface area contributed by atoms with Gasteiger partial charge in [-0.2, -0.15) is 13.2 Å². The van der Waals surface area contributed by atoms with Gasteiger partial charge in [0, 0.05) is 25.3 Å². The highest BCUT2D eigenvalue weighted by Crippen LogP contribution is 2.36. The minimum Gasteiger partial charge on any atom is -0.372 e. The monoisotopic (exact) mass is 244 g/mol. The van der Waals surface area contributed by atoms with Crippen molar-refractivity contribution >= 4 is 5.69 Å². The Kier molecular flexibility index (Phi) is 3.03. The van der Waals surface area contributed by atoms with Gasteiger partial charge in [0.2, 0.25) is 0 Å². The van der Waals surface area contributed by atoms with Gasteiger partial charge in [-0.3, -0.25) is 0 Å². The average Bonchev–Trinajstić information content (AvgIpc) is 3.09. The quantitative estimate of drug-likeness (QED) is 0.885. The van der Waals surface area contributed by atoms with E-state index in [1.165, 1.54) is 6.07 Å². The summed E-state index contributed by atoms with van der Waals surface area (Å²) in [4.78, 5) is 2.01. The Morgan fingerprint density at radius 2 is 2.00 bits per heavy atom. The van der Waals surface area contributed by atoms with Crippen LogP contribution in [-0.4, -0.2) is 13.1 Å². The van der Waals surface area contributed by atoms with Gasteiger partial charge in [-0.25, -0.2) is 0 Å². The van der Waals surface area contributed by atoms with Crippen molar-refractivity contribution in [3.05, 3.63) is 29.3 Å². The Morgan fingerprint density at radius 3 is 2.47 bits per heavy atom. The number of nitrogens with zero attached hydrogens (tertiary/aromatic N) is 1. The fourth-order valence-corrected chi connectivity index (χ4v) is 1.92. The predicted octanol–water partition coefficient (Wildman–Crippen LogP) is 2.76. The van der Waals surface area contributed by atoms with Gasteiger partial charge in [0.25, 0.3) is 0 Å². The molecule has 94 valence electrons. The van der Waals surface area contributed by atoms with Crippen molar-refractivity contribution < 1.29 is 13.2 Å². The SMILES string of the molecule is CN(c1ccc(C(F)(F)F)c(CN)c1)C1CC1. The summed E-state index contributed by atoms with van der Waals surface area (Å²) in [7, 11) is 1.90. The number of nitrogens with two attached hydrogens (primary N) is 1. The van der Waals surface area contributed by atoms with Crippen LogP contribution in [0.4, 0.5) is 18.9 Å². The lowest BCUT2D eigenvalue weighted by Crippen LogP contribution is -2.20. The summed E-state index contributed by atoms with van der Waals surface area (Å²) in [6.07, 6.45) is -2.11. The van der Waals surface area contributed by atoms with Gasteiger partial charge in [0.15, 0.2) is 0 Å². The lowest BCUT2D eigenvalue weighted by atomic mass is 10.1. The highest BCUT2D eigenvalue weighted by atomic mass is 19.4. The molecule has 0 saturated heterocycles. The van der Waals surface area contributed by atoms with E-state index in [1.54, 1.807) is 6.07 Å². The molecule has 0 aliphatic heterocycles. The van der Waals surface area contributed by atoms with Crippen LogP contribution in [0.5, 0.6) is 0 Å². The molecule has 1 aliphatic rings. The molecule has 0 radical (unpaired) electrons. The van der Waals surface area contributed by atoms with Gasteiger partial charge in [-0.1, -0.05) is 0 Å². The third-order valence-electron chi connectivity index (χ3n) is 3.12. The van der Waals surface area contributed by atoms with E-state index in [0.29, 0.717) is 6.04 Å². The van der Waals surface area contributed by atoms with Crippen LogP contribution in [-0.2, 0) is 12.7 Å². The molecule has 17 heavy (non-hydrogen) atoms. The van der Waals surface area contributed by atoms with Crippen LogP contribution < -0.4 is 10.6 Å². The van der Waals surface area contributed by atoms with Gasteiger partial charge in [0.05, 0.1) is 5.56 Å². The van der Waals surface area contributed by atoms with Crippen LogP contribution in [0.1, 0.15) is 24.0 Å². The summed E-state index contributed by atoms with van der Waals surface area (Å²) in [5.41, 5.74) is 5.72. The van der Waals surface area contributed by atoms with Gasteiger partial charge in [0.1, 0.15) is 0 Å². The largest absolute Gasteiger partial charge is 0.416 e. The van der Waals surface area contributed by atoms with E-state index in [0.717, 1.165) is 24.6 Å². The molecule has 1 aromatic carbocycles. The van der Waals surface area contributed by atoms with Crippen LogP contribution in [0, 0.1) is 0 Å². The first-order valence-corrected chi connectivity index (χ1v) is 5.56. The lowest BCUT2D eigenvalue weighted by molar-refractivity contribution is -0.138. The summed E-state index contributed by atoms with van der Waals surface area (Å²) in [5.74, 6) is 0. The lowest BCUT2D eigenvalue weighted by Gasteiger charge is -2.21. The van der Waals surface area contributed by atoms with Crippen LogP contribution in [0.15, 0.2) is 18.2 Å². The van der Waals surface area contributed by atoms with Gasteiger partial charge in [-0.05, 0) is 36.6 Å². The number of benzene rings is 1. The maximum Gasteiger partial charge on any atom is 0.416 e. The van der Waals surface area contributed by atoms with Crippen LogP contribution in [0.25, 0.3) is 0 Å². The zero-order chi connectivity index (χ0) is 12.6. The number of hydrogen-bond acceptors (Lipinski definition) is 2. The molecular weight excluding hydrogens is 229 g/mol. The Hall–Kier alpha value is -1.23. The van der Waals surface area contributed by atoms with E-state index in [-0.39, 0.29) is 12.1 Å². The number of rotatable bonds is 3. The zero-order valence-corrected chi connectivity index (χ0v) is 9.59. The second-order valence-corrected chi connectivity index (χ2v) is 4.39. The number of hydrogen-bond donors (Lipinski definition) is 1. The molecule has 5 heteroatoms. The fourth-order valence-electron chi connectivity index (χ4n) is 1.92. The van der Waals surface area contributed by atoms with Crippen molar-refractivity contribution in [3.8, 4) is 0 Å². The highest BCUT2D eigenvalue weighted by Gasteiger charge is 2.33. The molecule has 0 amide bonds. The molecule has 2 rings (SSSR count). The normalized spacial score (nSPS) is 16.1. The Morgan fingerprint density at radius 1 is 1.35 bits per heavy atom. The maximum absolute atomic E-state index is 12.7. The van der Waals surface area contributed by atoms with Crippen LogP contribution in [0.2, 0.25) is 0 Å². The zero-order valence-electron chi connectivity index (χ0n) is 9.59. The minimum absolute atomic E-state index is 0.0960. The highest BCUT2D eigenvalue weighted by molar-refractivity contribution is 5.52. The number of alkyl halides is 3. The van der Waals surface area contributed by atoms with Crippen molar-refractivity contribution in [1.82, 2.24) is 0 Å². The summed E-state index contributed by atoms with van der Waals surface area (Å²) in [5, 5.41) is 0. The molecule has 0 spiro atoms. The second-order valence-electron chi connectivity index (χ2n) is 4.39. The molecule has 0 atom stereocenters. The molecular formula is C12H15F3N2. The van der Waals surface area contributed by atoms with E-state index in [9.17, 15) is 13.2 Å². The summed E-state index contributed by atoms with van der Waals surface area (Å²) in [6.45, 7) is -0.0960. The van der Waals surface area contributed by atoms with Crippen LogP contribution in [0.3, 0.4) is 0 Å². The van der Waals surface area contributed by atoms with Crippen LogP contribution >= 0.6 is 0 Å². The average molecular weight is 244 g/mol. The molecule has 2 nitrogen and oxygen atoms in total. The van der Waals surface area contributed by atoms with Gasteiger partial charge >= 0.3 is 6.18 Å². The van der Waals surface area contributed by atoms with E-state index < -0.39 is 11.7 Å². The summed E-state index contributed by atoms with van der Waals surface area (Å²) in [6, 6.07) is 4.65. The predicted molar refractivity (Wildman–Crippen MR) is 60.8 cm³/mol. The molecule has 0 aromatic heterocycles. The standard InChI is InChI=1S/C12H15F3N2/c1-17(9-2-3-9)10-4-5-11(12(13,14)15)8(6-10)7-16/h4-6,9H,2-3,7,16H2,1H3. The molecule has 0 unspecified atom stereocenters. The Bertz CT molecular complexity index is 411. The van der Waals surface area contributed by atoms with Gasteiger partial charge < -0.3 is 10.6 Å². The van der Waals surface area contributed by atoms with Crippen molar-refractivity contribution in [2.75, 3.05) is 11.9 Å². The first-order chi connectivity index (χ1) is 7.93. The van der Waals surface area contributed by atoms with Crippen molar-refractivity contribution in [3.63, 3.8) is 0 Å². The van der Waals surface area contributed by atoms with Crippen molar-refractivity contribution in [2.24, 2.45) is 5.73 Å². The molecule has 1 saturated carbocycles. The number of halogens is 3.